The van der Waals surface area contributed by atoms with Gasteiger partial charge in [-0.25, -0.2) is 9.98 Å². The predicted molar refractivity (Wildman–Crippen MR) is 93.5 cm³/mol. The van der Waals surface area contributed by atoms with Gasteiger partial charge >= 0.3 is 0 Å². The van der Waals surface area contributed by atoms with Gasteiger partial charge in [0.2, 0.25) is 0 Å². The van der Waals surface area contributed by atoms with E-state index in [2.05, 4.69) is 41.4 Å². The maximum atomic E-state index is 9.50. The van der Waals surface area contributed by atoms with E-state index in [4.69, 9.17) is 0 Å². The van der Waals surface area contributed by atoms with Gasteiger partial charge in [-0.1, -0.05) is 33.3 Å². The number of hydrogen-bond acceptors (Lipinski definition) is 5. The van der Waals surface area contributed by atoms with Gasteiger partial charge in [0.25, 0.3) is 0 Å². The molecule has 116 valence electrons. The van der Waals surface area contributed by atoms with E-state index in [0.29, 0.717) is 5.56 Å². The lowest BCUT2D eigenvalue weighted by Gasteiger charge is -2.28. The Morgan fingerprint density at radius 2 is 2.14 bits per heavy atom. The smallest absolute Gasteiger partial charge is 0.116 e. The van der Waals surface area contributed by atoms with E-state index in [1.807, 2.05) is 6.92 Å². The van der Waals surface area contributed by atoms with Crippen molar-refractivity contribution >= 4 is 29.5 Å². The number of aliphatic imine (C=N–C) groups is 1. The van der Waals surface area contributed by atoms with Crippen LogP contribution in [0.25, 0.3) is 5.70 Å². The highest BCUT2D eigenvalue weighted by atomic mass is 32.2. The van der Waals surface area contributed by atoms with E-state index < -0.39 is 0 Å². The number of aromatic nitrogens is 1. The molecule has 0 amide bonds. The molecular weight excluding hydrogens is 292 g/mol. The number of rotatable bonds is 6. The predicted octanol–water partition coefficient (Wildman–Crippen LogP) is 4.51. The van der Waals surface area contributed by atoms with Crippen LogP contribution in [0.1, 0.15) is 49.9 Å². The molecule has 0 saturated carbocycles. The minimum atomic E-state index is 0.568. The lowest BCUT2D eigenvalue weighted by Crippen LogP contribution is -2.24. The average Bonchev–Trinajstić information content (AvgIpc) is 2.50. The zero-order valence-electron chi connectivity index (χ0n) is 13.5. The van der Waals surface area contributed by atoms with Gasteiger partial charge < -0.3 is 4.90 Å². The minimum absolute atomic E-state index is 0.568. The first-order valence-corrected chi connectivity index (χ1v) is 8.70. The lowest BCUT2D eigenvalue weighted by atomic mass is 10.0. The van der Waals surface area contributed by atoms with Crippen LogP contribution in [0.5, 0.6) is 0 Å². The summed E-state index contributed by atoms with van der Waals surface area (Å²) in [6.07, 6.45) is 5.29. The summed E-state index contributed by atoms with van der Waals surface area (Å²) in [5.41, 5.74) is 4.00. The number of fused-ring (bicyclic) bond motifs is 1. The monoisotopic (exact) mass is 314 g/mol. The Hall–Kier alpha value is -1.80. The molecule has 1 aromatic rings. The highest BCUT2D eigenvalue weighted by molar-refractivity contribution is 7.99. The second-order valence-corrected chi connectivity index (χ2v) is 6.49. The number of nitrogens with zero attached hydrogens (tertiary/aromatic N) is 4. The van der Waals surface area contributed by atoms with E-state index in [0.717, 1.165) is 46.4 Å². The second-order valence-electron chi connectivity index (χ2n) is 5.24. The summed E-state index contributed by atoms with van der Waals surface area (Å²) in [4.78, 5) is 11.2. The Morgan fingerprint density at radius 1 is 1.36 bits per heavy atom. The van der Waals surface area contributed by atoms with Gasteiger partial charge in [0.15, 0.2) is 0 Å². The van der Waals surface area contributed by atoms with Crippen molar-refractivity contribution in [2.75, 3.05) is 12.3 Å². The fourth-order valence-corrected chi connectivity index (χ4v) is 3.31. The Kier molecular flexibility index (Phi) is 5.62. The molecule has 1 aliphatic heterocycles. The van der Waals surface area contributed by atoms with Crippen LogP contribution in [0.15, 0.2) is 16.6 Å². The molecule has 5 heteroatoms. The molecule has 1 aliphatic rings. The molecule has 0 saturated heterocycles. The maximum Gasteiger partial charge on any atom is 0.116 e. The molecule has 1 aromatic heterocycles. The van der Waals surface area contributed by atoms with E-state index in [-0.39, 0.29) is 0 Å². The fourth-order valence-electron chi connectivity index (χ4n) is 2.54. The number of aryl methyl sites for hydroxylation is 1. The molecule has 2 rings (SSSR count). The number of nitriles is 1. The van der Waals surface area contributed by atoms with Crippen LogP contribution in [0.4, 0.5) is 5.69 Å². The van der Waals surface area contributed by atoms with Crippen LogP contribution in [-0.2, 0) is 0 Å². The van der Waals surface area contributed by atoms with Gasteiger partial charge in [0, 0.05) is 17.8 Å². The average molecular weight is 314 g/mol. The van der Waals surface area contributed by atoms with E-state index in [9.17, 15) is 5.26 Å². The lowest BCUT2D eigenvalue weighted by molar-refractivity contribution is 0.542. The molecular formula is C17H22N4S. The van der Waals surface area contributed by atoms with Crippen molar-refractivity contribution < 1.29 is 0 Å². The molecule has 0 radical (unpaired) electrons. The van der Waals surface area contributed by atoms with E-state index >= 15 is 0 Å². The molecule has 22 heavy (non-hydrogen) atoms. The number of pyridine rings is 1. The Labute approximate surface area is 137 Å². The minimum Gasteiger partial charge on any atom is -0.332 e. The van der Waals surface area contributed by atoms with Crippen LogP contribution in [0.2, 0.25) is 0 Å². The third-order valence-electron chi connectivity index (χ3n) is 3.68. The van der Waals surface area contributed by atoms with Crippen molar-refractivity contribution in [3.05, 3.63) is 23.4 Å². The van der Waals surface area contributed by atoms with Crippen molar-refractivity contribution in [3.63, 3.8) is 0 Å². The van der Waals surface area contributed by atoms with Crippen LogP contribution >= 0.6 is 11.8 Å². The highest BCUT2D eigenvalue weighted by Crippen LogP contribution is 2.39. The van der Waals surface area contributed by atoms with Gasteiger partial charge in [-0.3, -0.25) is 0 Å². The van der Waals surface area contributed by atoms with E-state index in [1.165, 1.54) is 12.8 Å². The topological polar surface area (TPSA) is 52.3 Å². The zero-order chi connectivity index (χ0) is 16.1. The number of unbranched alkanes of at least 4 members (excludes halogenated alkanes) is 2. The molecule has 0 spiro atoms. The van der Waals surface area contributed by atoms with Gasteiger partial charge in [0.05, 0.1) is 17.7 Å². The molecule has 4 nitrogen and oxygen atoms in total. The summed E-state index contributed by atoms with van der Waals surface area (Å²) in [6, 6.07) is 2.27. The molecule has 0 N–H and O–H groups in total. The standard InChI is InChI=1S/C17H22N4S/c1-5-7-8-9-21-11-19-16-14(10-18)17(22-6-2)20-12(3)15(16)13(21)4/h11H,4-9H2,1-3H3. The van der Waals surface area contributed by atoms with Gasteiger partial charge in [-0.2, -0.15) is 5.26 Å². The summed E-state index contributed by atoms with van der Waals surface area (Å²) in [6.45, 7) is 11.3. The summed E-state index contributed by atoms with van der Waals surface area (Å²) in [7, 11) is 0. The van der Waals surface area contributed by atoms with E-state index in [1.54, 1.807) is 18.1 Å². The van der Waals surface area contributed by atoms with Gasteiger partial charge in [0.1, 0.15) is 16.7 Å². The highest BCUT2D eigenvalue weighted by Gasteiger charge is 2.24. The molecule has 2 heterocycles. The number of hydrogen-bond donors (Lipinski definition) is 0. The normalized spacial score (nSPS) is 13.2. The van der Waals surface area contributed by atoms with Crippen molar-refractivity contribution in [1.82, 2.24) is 9.88 Å². The van der Waals surface area contributed by atoms with Gasteiger partial charge in [-0.15, -0.1) is 11.8 Å². The van der Waals surface area contributed by atoms with Crippen LogP contribution in [-0.4, -0.2) is 28.5 Å². The van der Waals surface area contributed by atoms with Gasteiger partial charge in [-0.05, 0) is 19.1 Å². The van der Waals surface area contributed by atoms with Crippen molar-refractivity contribution in [2.24, 2.45) is 4.99 Å². The largest absolute Gasteiger partial charge is 0.332 e. The number of thioether (sulfide) groups is 1. The first-order valence-electron chi connectivity index (χ1n) is 7.71. The Morgan fingerprint density at radius 3 is 2.77 bits per heavy atom. The maximum absolute atomic E-state index is 9.50. The summed E-state index contributed by atoms with van der Waals surface area (Å²) in [5.74, 6) is 0.883. The van der Waals surface area contributed by atoms with Crippen LogP contribution < -0.4 is 0 Å². The fraction of sp³-hybridized carbons (Fsp3) is 0.471. The zero-order valence-corrected chi connectivity index (χ0v) is 14.3. The van der Waals surface area contributed by atoms with Crippen LogP contribution in [0.3, 0.4) is 0 Å². The first kappa shape index (κ1) is 16.6. The van der Waals surface area contributed by atoms with Crippen LogP contribution in [0, 0.1) is 18.3 Å². The quantitative estimate of drug-likeness (QED) is 0.572. The molecule has 0 aromatic carbocycles. The molecule has 0 bridgehead atoms. The third-order valence-corrected chi connectivity index (χ3v) is 4.53. The van der Waals surface area contributed by atoms with Crippen molar-refractivity contribution in [3.8, 4) is 6.07 Å². The summed E-state index contributed by atoms with van der Waals surface area (Å²) in [5, 5.41) is 10.3. The Balaban J connectivity index is 2.40. The molecule has 0 unspecified atom stereocenters. The molecule has 0 fully saturated rings. The SMILES string of the molecule is C=C1c2c(C)nc(SCC)c(C#N)c2N=CN1CCCCC. The summed E-state index contributed by atoms with van der Waals surface area (Å²) < 4.78 is 0. The Bertz CT molecular complexity index is 643. The summed E-state index contributed by atoms with van der Waals surface area (Å²) >= 11 is 1.58. The van der Waals surface area contributed by atoms with Crippen molar-refractivity contribution in [1.29, 1.82) is 5.26 Å². The van der Waals surface area contributed by atoms with Crippen molar-refractivity contribution in [2.45, 2.75) is 45.1 Å². The molecule has 0 aliphatic carbocycles. The first-order chi connectivity index (χ1) is 10.6. The molecule has 0 atom stereocenters. The third kappa shape index (κ3) is 3.17. The second kappa shape index (κ2) is 7.46.